The van der Waals surface area contributed by atoms with E-state index < -0.39 is 0 Å². The van der Waals surface area contributed by atoms with Crippen molar-refractivity contribution in [1.29, 1.82) is 0 Å². The fraction of sp³-hybridized carbons (Fsp3) is 0.583. The van der Waals surface area contributed by atoms with E-state index in [4.69, 9.17) is 5.73 Å². The van der Waals surface area contributed by atoms with E-state index >= 15 is 0 Å². The molecule has 2 atom stereocenters. The highest BCUT2D eigenvalue weighted by atomic mass is 79.9. The number of nitrogens with two attached hydrogens (primary N) is 1. The number of carbonyl (C=O) groups excluding carboxylic acids is 1. The third kappa shape index (κ3) is 1.75. The zero-order chi connectivity index (χ0) is 12.8. The van der Waals surface area contributed by atoms with Crippen molar-refractivity contribution in [3.63, 3.8) is 0 Å². The molecular weight excluding hydrogens is 296 g/mol. The normalized spacial score (nSPS) is 28.3. The van der Waals surface area contributed by atoms with Crippen LogP contribution in [0.3, 0.4) is 0 Å². The quantitative estimate of drug-likeness (QED) is 0.861. The van der Waals surface area contributed by atoms with E-state index in [0.29, 0.717) is 0 Å². The number of nitrogens with one attached hydrogen (secondary N) is 1. The minimum absolute atomic E-state index is 0.158. The van der Waals surface area contributed by atoms with Gasteiger partial charge in [-0.15, -0.1) is 0 Å². The molecule has 96 valence electrons. The molecule has 2 aliphatic carbocycles. The van der Waals surface area contributed by atoms with Crippen molar-refractivity contribution in [3.05, 3.63) is 22.7 Å². The lowest BCUT2D eigenvalue weighted by atomic mass is 9.50. The Bertz CT molecular complexity index is 471. The summed E-state index contributed by atoms with van der Waals surface area (Å²) in [6.07, 6.45) is 7.48. The van der Waals surface area contributed by atoms with E-state index in [9.17, 15) is 4.79 Å². The summed E-state index contributed by atoms with van der Waals surface area (Å²) in [6.45, 7) is 0. The molecule has 1 aromatic heterocycles. The lowest BCUT2D eigenvalue weighted by molar-refractivity contribution is -0.0391. The van der Waals surface area contributed by atoms with Gasteiger partial charge in [0.15, 0.2) is 0 Å². The third-order valence-electron chi connectivity index (χ3n) is 4.34. The number of hydrogen-bond donors (Lipinski definition) is 2. The van der Waals surface area contributed by atoms with Gasteiger partial charge in [-0.2, -0.15) is 0 Å². The molecule has 1 amide bonds. The van der Waals surface area contributed by atoms with Gasteiger partial charge in [-0.3, -0.25) is 4.79 Å². The topological polar surface area (TPSA) is 80.9 Å². The summed E-state index contributed by atoms with van der Waals surface area (Å²) in [7, 11) is 0. The van der Waals surface area contributed by atoms with Crippen molar-refractivity contribution in [2.24, 2.45) is 11.1 Å². The number of amides is 1. The molecule has 0 aliphatic heterocycles. The SMILES string of the molecule is NC1CC(NC(=O)c2ncc(Br)cn2)C12CCC2. The second-order valence-electron chi connectivity index (χ2n) is 5.18. The lowest BCUT2D eigenvalue weighted by Crippen LogP contribution is -2.69. The molecule has 2 fully saturated rings. The summed E-state index contributed by atoms with van der Waals surface area (Å²) in [4.78, 5) is 20.0. The molecule has 1 heterocycles. The van der Waals surface area contributed by atoms with Crippen LogP contribution in [-0.4, -0.2) is 28.0 Å². The maximum atomic E-state index is 12.0. The van der Waals surface area contributed by atoms with Gasteiger partial charge in [-0.1, -0.05) is 6.42 Å². The van der Waals surface area contributed by atoms with Crippen LogP contribution in [-0.2, 0) is 0 Å². The molecule has 3 rings (SSSR count). The number of hydrogen-bond acceptors (Lipinski definition) is 4. The highest BCUT2D eigenvalue weighted by Gasteiger charge is 2.57. The Balaban J connectivity index is 1.67. The van der Waals surface area contributed by atoms with Gasteiger partial charge in [0, 0.05) is 29.9 Å². The van der Waals surface area contributed by atoms with Gasteiger partial charge in [-0.05, 0) is 35.2 Å². The number of aromatic nitrogens is 2. The highest BCUT2D eigenvalue weighted by Crippen LogP contribution is 2.55. The van der Waals surface area contributed by atoms with Crippen LogP contribution in [0.25, 0.3) is 0 Å². The molecule has 0 radical (unpaired) electrons. The predicted octanol–water partition coefficient (Wildman–Crippen LogP) is 1.24. The zero-order valence-electron chi connectivity index (χ0n) is 9.90. The minimum atomic E-state index is -0.203. The Morgan fingerprint density at radius 1 is 1.44 bits per heavy atom. The Kier molecular flexibility index (Phi) is 2.86. The summed E-state index contributed by atoms with van der Waals surface area (Å²) in [5.41, 5.74) is 6.21. The van der Waals surface area contributed by atoms with Crippen molar-refractivity contribution in [1.82, 2.24) is 15.3 Å². The van der Waals surface area contributed by atoms with E-state index in [1.54, 1.807) is 12.4 Å². The van der Waals surface area contributed by atoms with Crippen LogP contribution in [0.1, 0.15) is 36.3 Å². The summed E-state index contributed by atoms with van der Waals surface area (Å²) >= 11 is 3.24. The molecule has 3 N–H and O–H groups in total. The standard InChI is InChI=1S/C12H15BrN4O/c13-7-5-15-10(16-6-7)11(18)17-9-4-8(14)12(9)2-1-3-12/h5-6,8-9H,1-4,14H2,(H,17,18). The van der Waals surface area contributed by atoms with E-state index in [1.807, 2.05) is 0 Å². The first-order valence-corrected chi connectivity index (χ1v) is 6.95. The number of halogens is 1. The molecule has 2 aliphatic rings. The first-order chi connectivity index (χ1) is 8.62. The van der Waals surface area contributed by atoms with Gasteiger partial charge in [-0.25, -0.2) is 9.97 Å². The van der Waals surface area contributed by atoms with Gasteiger partial charge < -0.3 is 11.1 Å². The minimum Gasteiger partial charge on any atom is -0.346 e. The summed E-state index contributed by atoms with van der Waals surface area (Å²) < 4.78 is 0.764. The Hall–Kier alpha value is -1.01. The summed E-state index contributed by atoms with van der Waals surface area (Å²) in [5, 5.41) is 3.02. The average Bonchev–Trinajstić information content (AvgIpc) is 2.26. The Labute approximate surface area is 114 Å². The van der Waals surface area contributed by atoms with Crippen molar-refractivity contribution in [2.75, 3.05) is 0 Å². The first kappa shape index (κ1) is 12.0. The molecule has 2 saturated carbocycles. The molecule has 5 nitrogen and oxygen atoms in total. The van der Waals surface area contributed by atoms with Crippen LogP contribution in [0.5, 0.6) is 0 Å². The maximum absolute atomic E-state index is 12.0. The van der Waals surface area contributed by atoms with Gasteiger partial charge >= 0.3 is 0 Å². The van der Waals surface area contributed by atoms with Crippen LogP contribution in [0.15, 0.2) is 16.9 Å². The van der Waals surface area contributed by atoms with E-state index in [0.717, 1.165) is 23.7 Å². The Morgan fingerprint density at radius 3 is 2.61 bits per heavy atom. The largest absolute Gasteiger partial charge is 0.346 e. The molecule has 1 aromatic rings. The van der Waals surface area contributed by atoms with Crippen molar-refractivity contribution < 1.29 is 4.79 Å². The van der Waals surface area contributed by atoms with Gasteiger partial charge in [0.05, 0.1) is 4.47 Å². The van der Waals surface area contributed by atoms with Crippen LogP contribution in [0.2, 0.25) is 0 Å². The molecule has 2 unspecified atom stereocenters. The third-order valence-corrected chi connectivity index (χ3v) is 4.74. The second-order valence-corrected chi connectivity index (χ2v) is 6.10. The summed E-state index contributed by atoms with van der Waals surface area (Å²) in [5.74, 6) is 0.0128. The molecule has 18 heavy (non-hydrogen) atoms. The van der Waals surface area contributed by atoms with E-state index in [2.05, 4.69) is 31.2 Å². The van der Waals surface area contributed by atoms with Crippen LogP contribution < -0.4 is 11.1 Å². The monoisotopic (exact) mass is 310 g/mol. The van der Waals surface area contributed by atoms with Gasteiger partial charge in [0.2, 0.25) is 5.82 Å². The first-order valence-electron chi connectivity index (χ1n) is 6.16. The van der Waals surface area contributed by atoms with Crippen LogP contribution in [0, 0.1) is 5.41 Å². The molecule has 1 spiro atoms. The van der Waals surface area contributed by atoms with Crippen LogP contribution >= 0.6 is 15.9 Å². The van der Waals surface area contributed by atoms with E-state index in [1.165, 1.54) is 6.42 Å². The van der Waals surface area contributed by atoms with Crippen molar-refractivity contribution in [2.45, 2.75) is 37.8 Å². The Morgan fingerprint density at radius 2 is 2.11 bits per heavy atom. The molecule has 0 saturated heterocycles. The summed E-state index contributed by atoms with van der Waals surface area (Å²) in [6, 6.07) is 0.434. The number of nitrogens with zero attached hydrogens (tertiary/aromatic N) is 2. The molecular formula is C12H15BrN4O. The molecule has 0 aromatic carbocycles. The average molecular weight is 311 g/mol. The second kappa shape index (κ2) is 4.28. The van der Waals surface area contributed by atoms with Crippen LogP contribution in [0.4, 0.5) is 0 Å². The molecule has 0 bridgehead atoms. The highest BCUT2D eigenvalue weighted by molar-refractivity contribution is 9.10. The smallest absolute Gasteiger partial charge is 0.289 e. The fourth-order valence-electron chi connectivity index (χ4n) is 2.98. The lowest BCUT2D eigenvalue weighted by Gasteiger charge is -2.60. The van der Waals surface area contributed by atoms with Crippen molar-refractivity contribution in [3.8, 4) is 0 Å². The van der Waals surface area contributed by atoms with E-state index in [-0.39, 0.29) is 29.2 Å². The maximum Gasteiger partial charge on any atom is 0.289 e. The van der Waals surface area contributed by atoms with Gasteiger partial charge in [0.25, 0.3) is 5.91 Å². The number of rotatable bonds is 2. The zero-order valence-corrected chi connectivity index (χ0v) is 11.5. The number of carbonyl (C=O) groups is 1. The fourth-order valence-corrected chi connectivity index (χ4v) is 3.19. The van der Waals surface area contributed by atoms with Crippen molar-refractivity contribution >= 4 is 21.8 Å². The predicted molar refractivity (Wildman–Crippen MR) is 69.9 cm³/mol. The molecule has 6 heteroatoms. The van der Waals surface area contributed by atoms with Gasteiger partial charge in [0.1, 0.15) is 0 Å².